The van der Waals surface area contributed by atoms with Crippen LogP contribution in [0.25, 0.3) is 0 Å². The van der Waals surface area contributed by atoms with Gasteiger partial charge in [0.15, 0.2) is 0 Å². The summed E-state index contributed by atoms with van der Waals surface area (Å²) in [5.74, 6) is -1.37. The first kappa shape index (κ1) is 22.9. The van der Waals surface area contributed by atoms with Crippen molar-refractivity contribution in [2.45, 2.75) is 38.7 Å². The lowest BCUT2D eigenvalue weighted by atomic mass is 9.75. The van der Waals surface area contributed by atoms with Gasteiger partial charge in [0.25, 0.3) is 5.91 Å². The summed E-state index contributed by atoms with van der Waals surface area (Å²) in [6.45, 7) is 3.85. The monoisotopic (exact) mass is 416 g/mol. The second-order valence-electron chi connectivity index (χ2n) is 7.33. The molecule has 2 aromatic rings. The smallest absolute Gasteiger partial charge is 0.426 e. The molecule has 4 N–H and O–H groups in total. The molecule has 0 aliphatic heterocycles. The largest absolute Gasteiger partial charge is 0.475 e. The van der Waals surface area contributed by atoms with Crippen molar-refractivity contribution in [2.75, 3.05) is 0 Å². The molecule has 6 nitrogen and oxygen atoms in total. The van der Waals surface area contributed by atoms with Gasteiger partial charge in [-0.1, -0.05) is 61.8 Å². The van der Waals surface area contributed by atoms with Gasteiger partial charge >= 0.3 is 7.12 Å². The molecule has 2 unspecified atom stereocenters. The van der Waals surface area contributed by atoms with Crippen LogP contribution in [-0.2, 0) is 4.79 Å². The fourth-order valence-electron chi connectivity index (χ4n) is 3.04. The number of rotatable bonds is 9. The summed E-state index contributed by atoms with van der Waals surface area (Å²) < 4.78 is 0. The molecule has 2 aromatic carbocycles. The van der Waals surface area contributed by atoms with Crippen LogP contribution in [0.4, 0.5) is 0 Å². The van der Waals surface area contributed by atoms with E-state index in [0.717, 1.165) is 0 Å². The van der Waals surface area contributed by atoms with Gasteiger partial charge in [0.1, 0.15) is 0 Å². The Morgan fingerprint density at radius 1 is 1.00 bits per heavy atom. The minimum absolute atomic E-state index is 0.0936. The maximum absolute atomic E-state index is 12.6. The molecule has 0 spiro atoms. The molecular formula is C21H26BClN2O4. The Hall–Kier alpha value is -2.35. The number of halogens is 1. The molecule has 8 heteroatoms. The number of carbonyl (C=O) groups is 2. The number of carbonyl (C=O) groups excluding carboxylic acids is 2. The van der Waals surface area contributed by atoms with Crippen molar-refractivity contribution in [1.82, 2.24) is 10.6 Å². The van der Waals surface area contributed by atoms with Crippen LogP contribution >= 0.6 is 11.6 Å². The lowest BCUT2D eigenvalue weighted by Gasteiger charge is -2.23. The molecule has 2 atom stereocenters. The lowest BCUT2D eigenvalue weighted by Crippen LogP contribution is -2.48. The molecule has 2 rings (SSSR count). The van der Waals surface area contributed by atoms with E-state index in [9.17, 15) is 19.6 Å². The van der Waals surface area contributed by atoms with Crippen LogP contribution in [0.15, 0.2) is 54.6 Å². The second kappa shape index (κ2) is 11.0. The first-order valence-electron chi connectivity index (χ1n) is 9.53. The van der Waals surface area contributed by atoms with Gasteiger partial charge in [-0.15, -0.1) is 0 Å². The van der Waals surface area contributed by atoms with Gasteiger partial charge in [-0.25, -0.2) is 0 Å². The summed E-state index contributed by atoms with van der Waals surface area (Å²) in [7, 11) is -1.67. The molecule has 0 aromatic heterocycles. The minimum atomic E-state index is -1.67. The Morgan fingerprint density at radius 2 is 1.62 bits per heavy atom. The molecule has 2 amide bonds. The Kier molecular flexibility index (Phi) is 8.70. The first-order valence-corrected chi connectivity index (χ1v) is 9.91. The van der Waals surface area contributed by atoms with E-state index in [2.05, 4.69) is 10.6 Å². The highest BCUT2D eigenvalue weighted by atomic mass is 35.5. The predicted octanol–water partition coefficient (Wildman–Crippen LogP) is 2.74. The van der Waals surface area contributed by atoms with Gasteiger partial charge in [-0.2, -0.15) is 0 Å². The van der Waals surface area contributed by atoms with E-state index in [4.69, 9.17) is 11.6 Å². The summed E-state index contributed by atoms with van der Waals surface area (Å²) in [6.07, 6.45) is 0.320. The van der Waals surface area contributed by atoms with Crippen LogP contribution in [-0.4, -0.2) is 34.9 Å². The zero-order chi connectivity index (χ0) is 21.4. The van der Waals surface area contributed by atoms with Crippen molar-refractivity contribution >= 4 is 30.5 Å². The number of nitrogens with one attached hydrogen (secondary N) is 2. The zero-order valence-electron chi connectivity index (χ0n) is 16.5. The van der Waals surface area contributed by atoms with Gasteiger partial charge in [0.05, 0.1) is 18.4 Å². The Balaban J connectivity index is 2.18. The van der Waals surface area contributed by atoms with Crippen molar-refractivity contribution in [3.05, 3.63) is 70.7 Å². The topological polar surface area (TPSA) is 98.7 Å². The molecule has 0 heterocycles. The van der Waals surface area contributed by atoms with E-state index in [1.54, 1.807) is 48.5 Å². The number of hydrogen-bond acceptors (Lipinski definition) is 4. The van der Waals surface area contributed by atoms with Gasteiger partial charge in [-0.05, 0) is 36.1 Å². The van der Waals surface area contributed by atoms with E-state index < -0.39 is 25.0 Å². The summed E-state index contributed by atoms with van der Waals surface area (Å²) in [6, 6.07) is 15.0. The summed E-state index contributed by atoms with van der Waals surface area (Å²) in [4.78, 5) is 25.3. The SMILES string of the molecule is CC(C)CC(NC(=O)CC(NC(=O)c1ccccc1)c1ccccc1Cl)B(O)O. The molecule has 0 aliphatic rings. The van der Waals surface area contributed by atoms with Crippen LogP contribution in [0.2, 0.25) is 5.02 Å². The van der Waals surface area contributed by atoms with Gasteiger partial charge < -0.3 is 20.7 Å². The van der Waals surface area contributed by atoms with Gasteiger partial charge in [-0.3, -0.25) is 9.59 Å². The number of benzene rings is 2. The van der Waals surface area contributed by atoms with Crippen molar-refractivity contribution in [2.24, 2.45) is 5.92 Å². The molecule has 0 aliphatic carbocycles. The maximum Gasteiger partial charge on any atom is 0.475 e. The molecule has 0 fully saturated rings. The average molecular weight is 417 g/mol. The van der Waals surface area contributed by atoms with E-state index in [1.165, 1.54) is 0 Å². The normalized spacial score (nSPS) is 12.9. The highest BCUT2D eigenvalue weighted by molar-refractivity contribution is 6.43. The quantitative estimate of drug-likeness (QED) is 0.472. The van der Waals surface area contributed by atoms with Crippen LogP contribution in [0, 0.1) is 5.92 Å². The van der Waals surface area contributed by atoms with E-state index >= 15 is 0 Å². The van der Waals surface area contributed by atoms with Crippen molar-refractivity contribution in [1.29, 1.82) is 0 Å². The molecule has 0 saturated carbocycles. The molecular weight excluding hydrogens is 391 g/mol. The van der Waals surface area contributed by atoms with Gasteiger partial charge in [0.2, 0.25) is 5.91 Å². The zero-order valence-corrected chi connectivity index (χ0v) is 17.3. The fourth-order valence-corrected chi connectivity index (χ4v) is 3.31. The van der Waals surface area contributed by atoms with E-state index in [0.29, 0.717) is 22.6 Å². The summed E-state index contributed by atoms with van der Waals surface area (Å²) in [5, 5.41) is 25.0. The van der Waals surface area contributed by atoms with E-state index in [1.807, 2.05) is 19.9 Å². The summed E-state index contributed by atoms with van der Waals surface area (Å²) >= 11 is 6.29. The van der Waals surface area contributed by atoms with Crippen LogP contribution in [0.1, 0.15) is 48.7 Å². The fraction of sp³-hybridized carbons (Fsp3) is 0.333. The van der Waals surface area contributed by atoms with Crippen LogP contribution in [0.5, 0.6) is 0 Å². The van der Waals surface area contributed by atoms with Crippen molar-refractivity contribution in [3.8, 4) is 0 Å². The third-order valence-electron chi connectivity index (χ3n) is 4.44. The van der Waals surface area contributed by atoms with Crippen molar-refractivity contribution in [3.63, 3.8) is 0 Å². The average Bonchev–Trinajstić information content (AvgIpc) is 2.67. The van der Waals surface area contributed by atoms with E-state index in [-0.39, 0.29) is 18.2 Å². The van der Waals surface area contributed by atoms with Gasteiger partial charge in [0, 0.05) is 10.6 Å². The maximum atomic E-state index is 12.6. The highest BCUT2D eigenvalue weighted by Crippen LogP contribution is 2.25. The predicted molar refractivity (Wildman–Crippen MR) is 114 cm³/mol. The molecule has 0 saturated heterocycles. The minimum Gasteiger partial charge on any atom is -0.426 e. The Bertz CT molecular complexity index is 817. The molecule has 0 radical (unpaired) electrons. The van der Waals surface area contributed by atoms with Crippen molar-refractivity contribution < 1.29 is 19.6 Å². The second-order valence-corrected chi connectivity index (χ2v) is 7.74. The highest BCUT2D eigenvalue weighted by Gasteiger charge is 2.28. The molecule has 29 heavy (non-hydrogen) atoms. The first-order chi connectivity index (χ1) is 13.8. The molecule has 154 valence electrons. The third-order valence-corrected chi connectivity index (χ3v) is 4.79. The Morgan fingerprint density at radius 3 is 2.21 bits per heavy atom. The van der Waals surface area contributed by atoms with Crippen LogP contribution in [0.3, 0.4) is 0 Å². The third kappa shape index (κ3) is 7.20. The summed E-state index contributed by atoms with van der Waals surface area (Å²) in [5.41, 5.74) is 1.08. The van der Waals surface area contributed by atoms with Crippen LogP contribution < -0.4 is 10.6 Å². The lowest BCUT2D eigenvalue weighted by molar-refractivity contribution is -0.122. The number of hydrogen-bond donors (Lipinski definition) is 4. The standard InChI is InChI=1S/C21H26BClN2O4/c1-14(2)12-19(22(28)29)25-20(26)13-18(16-10-6-7-11-17(16)23)24-21(27)15-8-4-3-5-9-15/h3-11,14,18-19,28-29H,12-13H2,1-2H3,(H,24,27)(H,25,26). The Labute approximate surface area is 176 Å². The molecule has 0 bridgehead atoms. The number of amides is 2.